The molecule has 0 saturated carbocycles. The first-order chi connectivity index (χ1) is 19.4. The summed E-state index contributed by atoms with van der Waals surface area (Å²) in [5, 5.41) is 13.6. The largest absolute Gasteiger partial charge is 0.534 e. The molecule has 0 aromatic heterocycles. The second kappa shape index (κ2) is 11.9. The van der Waals surface area contributed by atoms with Gasteiger partial charge in [-0.2, -0.15) is 4.31 Å². The van der Waals surface area contributed by atoms with Crippen molar-refractivity contribution in [3.63, 3.8) is 0 Å². The molecule has 0 bridgehead atoms. The maximum atomic E-state index is 13.8. The minimum atomic E-state index is -4.29. The zero-order chi connectivity index (χ0) is 29.8. The number of para-hydroxylation sites is 1. The maximum Gasteiger partial charge on any atom is 0.319 e. The molecule has 4 rings (SSSR count). The molecule has 3 aromatic carbocycles. The Kier molecular flexibility index (Phi) is 8.68. The highest BCUT2D eigenvalue weighted by Gasteiger charge is 2.52. The molecule has 1 aliphatic carbocycles. The Balaban J connectivity index is 1.76. The summed E-state index contributed by atoms with van der Waals surface area (Å²) in [6.07, 6.45) is 9.67. The van der Waals surface area contributed by atoms with Crippen molar-refractivity contribution in [2.75, 3.05) is 6.54 Å². The lowest BCUT2D eigenvalue weighted by atomic mass is 9.99. The SMILES string of the molecule is C#CCN([C@@H]1CC=C(O[Si](c2ccccc2)(c2ccccc2)C(C)(C)C)C=C1C)S(=O)(=O)c1ccccc1[N+](=O)[O-]. The molecule has 9 heteroatoms. The molecule has 0 saturated heterocycles. The average molecular weight is 587 g/mol. The molecule has 0 heterocycles. The van der Waals surface area contributed by atoms with Gasteiger partial charge >= 0.3 is 8.32 Å². The minimum Gasteiger partial charge on any atom is -0.534 e. The molecular formula is C32H34N2O5SSi. The van der Waals surface area contributed by atoms with Gasteiger partial charge in [0.1, 0.15) is 0 Å². The van der Waals surface area contributed by atoms with Crippen molar-refractivity contribution in [1.82, 2.24) is 4.31 Å². The van der Waals surface area contributed by atoms with Crippen molar-refractivity contribution in [2.24, 2.45) is 0 Å². The van der Waals surface area contributed by atoms with E-state index in [0.717, 1.165) is 20.3 Å². The molecule has 41 heavy (non-hydrogen) atoms. The zero-order valence-corrected chi connectivity index (χ0v) is 25.5. The summed E-state index contributed by atoms with van der Waals surface area (Å²) < 4.78 is 35.8. The van der Waals surface area contributed by atoms with Gasteiger partial charge in [0.25, 0.3) is 15.7 Å². The van der Waals surface area contributed by atoms with E-state index >= 15 is 0 Å². The zero-order valence-electron chi connectivity index (χ0n) is 23.7. The van der Waals surface area contributed by atoms with Crippen LogP contribution in [0, 0.1) is 22.5 Å². The Morgan fingerprint density at radius 3 is 2.02 bits per heavy atom. The van der Waals surface area contributed by atoms with Gasteiger partial charge in [-0.15, -0.1) is 6.42 Å². The van der Waals surface area contributed by atoms with E-state index in [0.29, 0.717) is 12.2 Å². The normalized spacial score (nSPS) is 16.0. The van der Waals surface area contributed by atoms with E-state index in [2.05, 4.69) is 51.0 Å². The van der Waals surface area contributed by atoms with Crippen LogP contribution in [0.1, 0.15) is 34.1 Å². The fraction of sp³-hybridized carbons (Fsp3) is 0.250. The molecule has 0 unspecified atom stereocenters. The van der Waals surface area contributed by atoms with Gasteiger partial charge < -0.3 is 4.43 Å². The number of nitro groups is 1. The molecule has 0 fully saturated rings. The third kappa shape index (κ3) is 5.77. The molecular weight excluding hydrogens is 553 g/mol. The number of benzene rings is 3. The Hall–Kier alpha value is -3.97. The Morgan fingerprint density at radius 2 is 1.54 bits per heavy atom. The van der Waals surface area contributed by atoms with Crippen LogP contribution in [0.15, 0.2) is 113 Å². The van der Waals surface area contributed by atoms with Crippen LogP contribution in [0.3, 0.4) is 0 Å². The van der Waals surface area contributed by atoms with E-state index in [4.69, 9.17) is 10.8 Å². The number of allylic oxidation sites excluding steroid dienone is 1. The quantitative estimate of drug-likeness (QED) is 0.145. The molecule has 1 aliphatic rings. The van der Waals surface area contributed by atoms with Crippen LogP contribution in [0.25, 0.3) is 0 Å². The van der Waals surface area contributed by atoms with Gasteiger partial charge in [-0.05, 0) is 47.0 Å². The van der Waals surface area contributed by atoms with Gasteiger partial charge in [0.05, 0.1) is 23.3 Å². The number of hydrogen-bond acceptors (Lipinski definition) is 5. The Morgan fingerprint density at radius 1 is 1.00 bits per heavy atom. The van der Waals surface area contributed by atoms with Crippen LogP contribution in [-0.2, 0) is 14.4 Å². The maximum absolute atomic E-state index is 13.8. The second-order valence-electron chi connectivity index (χ2n) is 11.0. The average Bonchev–Trinajstić information content (AvgIpc) is 2.95. The summed E-state index contributed by atoms with van der Waals surface area (Å²) in [5.41, 5.74) is 0.246. The van der Waals surface area contributed by atoms with E-state index in [1.165, 1.54) is 24.3 Å². The number of hydrogen-bond donors (Lipinski definition) is 0. The van der Waals surface area contributed by atoms with E-state index in [1.807, 2.05) is 55.5 Å². The van der Waals surface area contributed by atoms with Gasteiger partial charge in [0.2, 0.25) is 0 Å². The van der Waals surface area contributed by atoms with Crippen molar-refractivity contribution >= 4 is 34.4 Å². The molecule has 7 nitrogen and oxygen atoms in total. The van der Waals surface area contributed by atoms with E-state index in [9.17, 15) is 18.5 Å². The summed E-state index contributed by atoms with van der Waals surface area (Å²) in [4.78, 5) is 10.6. The van der Waals surface area contributed by atoms with Crippen molar-refractivity contribution in [2.45, 2.75) is 50.1 Å². The van der Waals surface area contributed by atoms with Gasteiger partial charge in [-0.1, -0.05) is 105 Å². The topological polar surface area (TPSA) is 89.8 Å². The summed E-state index contributed by atoms with van der Waals surface area (Å²) in [6, 6.07) is 25.2. The summed E-state index contributed by atoms with van der Waals surface area (Å²) >= 11 is 0. The number of terminal acetylenes is 1. The fourth-order valence-corrected chi connectivity index (χ4v) is 11.6. The minimum absolute atomic E-state index is 0.233. The standard InChI is InChI=1S/C32H34N2O5SSi/c1-6-23-33(40(37,38)31-20-14-13-19-30(31)34(35)36)29-22-21-26(24-25(29)2)39-41(32(3,4)5,27-15-9-7-10-16-27)28-17-11-8-12-18-28/h1,7-21,24,29H,22-23H2,2-5H3/t29-/m1/s1. The monoisotopic (exact) mass is 586 g/mol. The summed E-state index contributed by atoms with van der Waals surface area (Å²) in [5.74, 6) is 3.09. The lowest BCUT2D eigenvalue weighted by Gasteiger charge is -2.44. The number of nitrogens with zero attached hydrogens (tertiary/aromatic N) is 2. The van der Waals surface area contributed by atoms with Crippen LogP contribution >= 0.6 is 0 Å². The number of sulfonamides is 1. The Bertz CT molecular complexity index is 1580. The smallest absolute Gasteiger partial charge is 0.319 e. The Labute approximate surface area is 243 Å². The van der Waals surface area contributed by atoms with Crippen molar-refractivity contribution in [3.05, 3.63) is 119 Å². The predicted molar refractivity (Wildman–Crippen MR) is 165 cm³/mol. The fourth-order valence-electron chi connectivity index (χ4n) is 5.44. The van der Waals surface area contributed by atoms with Crippen LogP contribution < -0.4 is 10.4 Å². The molecule has 0 radical (unpaired) electrons. The lowest BCUT2D eigenvalue weighted by Crippen LogP contribution is -2.66. The molecule has 0 spiro atoms. The highest BCUT2D eigenvalue weighted by molar-refractivity contribution is 7.89. The second-order valence-corrected chi connectivity index (χ2v) is 17.1. The molecule has 0 amide bonds. The first-order valence-corrected chi connectivity index (χ1v) is 16.7. The highest BCUT2D eigenvalue weighted by Crippen LogP contribution is 2.40. The molecule has 1 atom stereocenters. The van der Waals surface area contributed by atoms with Crippen LogP contribution in [0.2, 0.25) is 5.04 Å². The third-order valence-electron chi connectivity index (χ3n) is 7.37. The van der Waals surface area contributed by atoms with Gasteiger partial charge in [-0.25, -0.2) is 8.42 Å². The van der Waals surface area contributed by atoms with Crippen LogP contribution in [0.4, 0.5) is 5.69 Å². The predicted octanol–water partition coefficient (Wildman–Crippen LogP) is 5.40. The van der Waals surface area contributed by atoms with E-state index in [1.54, 1.807) is 0 Å². The summed E-state index contributed by atoms with van der Waals surface area (Å²) in [6.45, 7) is 8.18. The number of rotatable bonds is 9. The van der Waals surface area contributed by atoms with Crippen molar-refractivity contribution in [1.29, 1.82) is 0 Å². The highest BCUT2D eigenvalue weighted by atomic mass is 32.2. The van der Waals surface area contributed by atoms with Crippen LogP contribution in [-0.4, -0.2) is 38.6 Å². The van der Waals surface area contributed by atoms with Gasteiger partial charge in [0.15, 0.2) is 4.90 Å². The first-order valence-electron chi connectivity index (χ1n) is 13.3. The lowest BCUT2D eigenvalue weighted by molar-refractivity contribution is -0.387. The third-order valence-corrected chi connectivity index (χ3v) is 14.2. The molecule has 3 aromatic rings. The van der Waals surface area contributed by atoms with Crippen LogP contribution in [0.5, 0.6) is 0 Å². The molecule has 212 valence electrons. The first kappa shape index (κ1) is 30.0. The van der Waals surface area contributed by atoms with Gasteiger partial charge in [-0.3, -0.25) is 10.1 Å². The van der Waals surface area contributed by atoms with Gasteiger partial charge in [0, 0.05) is 6.07 Å². The number of nitro benzene ring substituents is 1. The molecule has 0 N–H and O–H groups in total. The van der Waals surface area contributed by atoms with E-state index in [-0.39, 0.29) is 16.5 Å². The summed E-state index contributed by atoms with van der Waals surface area (Å²) in [7, 11) is -7.18. The van der Waals surface area contributed by atoms with E-state index < -0.39 is 35.0 Å². The molecule has 0 aliphatic heterocycles. The van der Waals surface area contributed by atoms with Crippen molar-refractivity contribution in [3.8, 4) is 12.3 Å². The van der Waals surface area contributed by atoms with Crippen molar-refractivity contribution < 1.29 is 17.8 Å².